The molecule has 0 spiro atoms. The maximum absolute atomic E-state index is 10.7. The van der Waals surface area contributed by atoms with Crippen LogP contribution in [0.3, 0.4) is 0 Å². The molecule has 3 heteroatoms. The first kappa shape index (κ1) is 15.2. The maximum atomic E-state index is 10.7. The van der Waals surface area contributed by atoms with E-state index in [4.69, 9.17) is 4.74 Å². The molecule has 0 aromatic rings. The van der Waals surface area contributed by atoms with E-state index in [1.807, 2.05) is 0 Å². The zero-order chi connectivity index (χ0) is 12.2. The topological polar surface area (TPSA) is 38.3 Å². The second kappa shape index (κ2) is 10.7. The van der Waals surface area contributed by atoms with E-state index in [1.54, 1.807) is 0 Å². The molecule has 0 saturated heterocycles. The van der Waals surface area contributed by atoms with Gasteiger partial charge < -0.3 is 10.1 Å². The summed E-state index contributed by atoms with van der Waals surface area (Å²) in [5.74, 6) is 0.398. The van der Waals surface area contributed by atoms with Gasteiger partial charge in [0.1, 0.15) is 6.61 Å². The van der Waals surface area contributed by atoms with Crippen LogP contribution in [-0.2, 0) is 9.53 Å². The highest BCUT2D eigenvalue weighted by atomic mass is 16.5. The van der Waals surface area contributed by atoms with Crippen molar-refractivity contribution in [3.8, 4) is 0 Å². The number of ether oxygens (including phenoxy) is 1. The van der Waals surface area contributed by atoms with Crippen molar-refractivity contribution in [1.82, 2.24) is 5.32 Å². The zero-order valence-electron chi connectivity index (χ0n) is 10.6. The van der Waals surface area contributed by atoms with Crippen molar-refractivity contribution in [3.63, 3.8) is 0 Å². The van der Waals surface area contributed by atoms with Crippen molar-refractivity contribution in [2.75, 3.05) is 19.7 Å². The van der Waals surface area contributed by atoms with Crippen LogP contribution < -0.4 is 5.32 Å². The van der Waals surface area contributed by atoms with E-state index in [-0.39, 0.29) is 5.97 Å². The van der Waals surface area contributed by atoms with Gasteiger partial charge in [0.2, 0.25) is 0 Å². The molecule has 94 valence electrons. The van der Waals surface area contributed by atoms with Crippen LogP contribution in [0.4, 0.5) is 0 Å². The smallest absolute Gasteiger partial charge is 0.330 e. The van der Waals surface area contributed by atoms with Crippen LogP contribution in [-0.4, -0.2) is 25.7 Å². The Morgan fingerprint density at radius 1 is 1.50 bits per heavy atom. The van der Waals surface area contributed by atoms with Gasteiger partial charge in [-0.25, -0.2) is 4.79 Å². The highest BCUT2D eigenvalue weighted by Crippen LogP contribution is 2.10. The van der Waals surface area contributed by atoms with E-state index in [9.17, 15) is 4.79 Å². The van der Waals surface area contributed by atoms with E-state index < -0.39 is 0 Å². The SMILES string of the molecule is C=CC(=O)OCCNCC(CC)CCCC. The number of hydrogen-bond donors (Lipinski definition) is 1. The van der Waals surface area contributed by atoms with Crippen LogP contribution in [0.5, 0.6) is 0 Å². The lowest BCUT2D eigenvalue weighted by Crippen LogP contribution is -2.26. The third kappa shape index (κ3) is 8.48. The minimum atomic E-state index is -0.347. The summed E-state index contributed by atoms with van der Waals surface area (Å²) in [5.41, 5.74) is 0. The van der Waals surface area contributed by atoms with Gasteiger partial charge in [0.25, 0.3) is 0 Å². The Kier molecular flexibility index (Phi) is 10.1. The number of hydrogen-bond acceptors (Lipinski definition) is 3. The predicted octanol–water partition coefficient (Wildman–Crippen LogP) is 2.52. The average molecular weight is 227 g/mol. The van der Waals surface area contributed by atoms with Crippen LogP contribution in [0, 0.1) is 5.92 Å². The van der Waals surface area contributed by atoms with E-state index in [1.165, 1.54) is 31.8 Å². The number of unbranched alkanes of at least 4 members (excludes halogenated alkanes) is 1. The fraction of sp³-hybridized carbons (Fsp3) is 0.769. The summed E-state index contributed by atoms with van der Waals surface area (Å²) in [7, 11) is 0. The van der Waals surface area contributed by atoms with Gasteiger partial charge in [0, 0.05) is 12.6 Å². The van der Waals surface area contributed by atoms with Crippen molar-refractivity contribution in [3.05, 3.63) is 12.7 Å². The molecule has 0 aliphatic carbocycles. The molecule has 0 heterocycles. The first-order chi connectivity index (χ1) is 7.74. The Hall–Kier alpha value is -0.830. The number of carbonyl (C=O) groups excluding carboxylic acids is 1. The first-order valence-electron chi connectivity index (χ1n) is 6.24. The summed E-state index contributed by atoms with van der Waals surface area (Å²) < 4.78 is 4.87. The fourth-order valence-corrected chi connectivity index (χ4v) is 1.53. The molecular formula is C13H25NO2. The van der Waals surface area contributed by atoms with Crippen LogP contribution in [0.2, 0.25) is 0 Å². The third-order valence-corrected chi connectivity index (χ3v) is 2.67. The lowest BCUT2D eigenvalue weighted by molar-refractivity contribution is -0.137. The summed E-state index contributed by atoms with van der Waals surface area (Å²) in [6.07, 6.45) is 6.24. The number of rotatable bonds is 10. The van der Waals surface area contributed by atoms with Gasteiger partial charge in [-0.05, 0) is 18.9 Å². The van der Waals surface area contributed by atoms with Gasteiger partial charge in [-0.1, -0.05) is 39.7 Å². The third-order valence-electron chi connectivity index (χ3n) is 2.67. The minimum Gasteiger partial charge on any atom is -0.461 e. The molecule has 0 aliphatic rings. The van der Waals surface area contributed by atoms with E-state index in [0.29, 0.717) is 6.61 Å². The summed E-state index contributed by atoms with van der Waals surface area (Å²) >= 11 is 0. The van der Waals surface area contributed by atoms with Gasteiger partial charge in [-0.15, -0.1) is 0 Å². The molecule has 0 aromatic carbocycles. The standard InChI is InChI=1S/C13H25NO2/c1-4-7-8-12(5-2)11-14-9-10-16-13(15)6-3/h6,12,14H,3-5,7-11H2,1-2H3. The number of carbonyl (C=O) groups is 1. The lowest BCUT2D eigenvalue weighted by Gasteiger charge is -2.15. The molecule has 0 saturated carbocycles. The molecule has 0 aliphatic heterocycles. The van der Waals surface area contributed by atoms with Gasteiger partial charge in [0.15, 0.2) is 0 Å². The second-order valence-corrected chi connectivity index (χ2v) is 3.99. The van der Waals surface area contributed by atoms with Gasteiger partial charge in [0.05, 0.1) is 0 Å². The quantitative estimate of drug-likeness (QED) is 0.354. The molecule has 1 unspecified atom stereocenters. The van der Waals surface area contributed by atoms with Crippen LogP contribution in [0.25, 0.3) is 0 Å². The second-order valence-electron chi connectivity index (χ2n) is 3.99. The summed E-state index contributed by atoms with van der Waals surface area (Å²) in [6, 6.07) is 0. The summed E-state index contributed by atoms with van der Waals surface area (Å²) in [5, 5.41) is 3.31. The minimum absolute atomic E-state index is 0.347. The monoisotopic (exact) mass is 227 g/mol. The van der Waals surface area contributed by atoms with Gasteiger partial charge >= 0.3 is 5.97 Å². The van der Waals surface area contributed by atoms with E-state index in [0.717, 1.165) is 19.0 Å². The van der Waals surface area contributed by atoms with E-state index in [2.05, 4.69) is 25.7 Å². The van der Waals surface area contributed by atoms with Crippen molar-refractivity contribution in [2.45, 2.75) is 39.5 Å². The Bertz CT molecular complexity index is 192. The number of nitrogens with one attached hydrogen (secondary N) is 1. The normalized spacial score (nSPS) is 12.1. The predicted molar refractivity (Wildman–Crippen MR) is 67.3 cm³/mol. The van der Waals surface area contributed by atoms with Crippen molar-refractivity contribution >= 4 is 5.97 Å². The summed E-state index contributed by atoms with van der Waals surface area (Å²) in [4.78, 5) is 10.7. The molecule has 3 nitrogen and oxygen atoms in total. The molecule has 16 heavy (non-hydrogen) atoms. The molecular weight excluding hydrogens is 202 g/mol. The summed E-state index contributed by atoms with van der Waals surface area (Å²) in [6.45, 7) is 9.94. The Labute approximate surface area is 99.3 Å². The van der Waals surface area contributed by atoms with Gasteiger partial charge in [-0.2, -0.15) is 0 Å². The van der Waals surface area contributed by atoms with Crippen LogP contribution >= 0.6 is 0 Å². The Morgan fingerprint density at radius 2 is 2.25 bits per heavy atom. The Balaban J connectivity index is 3.40. The van der Waals surface area contributed by atoms with Gasteiger partial charge in [-0.3, -0.25) is 0 Å². The van der Waals surface area contributed by atoms with Crippen LogP contribution in [0.15, 0.2) is 12.7 Å². The zero-order valence-corrected chi connectivity index (χ0v) is 10.6. The van der Waals surface area contributed by atoms with E-state index >= 15 is 0 Å². The van der Waals surface area contributed by atoms with Crippen molar-refractivity contribution in [1.29, 1.82) is 0 Å². The highest BCUT2D eigenvalue weighted by Gasteiger charge is 2.04. The molecule has 0 rings (SSSR count). The average Bonchev–Trinajstić information content (AvgIpc) is 2.32. The lowest BCUT2D eigenvalue weighted by atomic mass is 9.99. The molecule has 0 fully saturated rings. The maximum Gasteiger partial charge on any atom is 0.330 e. The Morgan fingerprint density at radius 3 is 2.81 bits per heavy atom. The molecule has 0 bridgehead atoms. The van der Waals surface area contributed by atoms with Crippen LogP contribution in [0.1, 0.15) is 39.5 Å². The molecule has 0 amide bonds. The molecule has 0 radical (unpaired) electrons. The van der Waals surface area contributed by atoms with Crippen molar-refractivity contribution < 1.29 is 9.53 Å². The molecule has 0 aromatic heterocycles. The number of esters is 1. The van der Waals surface area contributed by atoms with Crippen molar-refractivity contribution in [2.24, 2.45) is 5.92 Å². The molecule has 1 atom stereocenters. The highest BCUT2D eigenvalue weighted by molar-refractivity contribution is 5.81. The first-order valence-corrected chi connectivity index (χ1v) is 6.24. The molecule has 1 N–H and O–H groups in total. The largest absolute Gasteiger partial charge is 0.461 e. The fourth-order valence-electron chi connectivity index (χ4n) is 1.53.